The molecule has 6 heteroatoms. The van der Waals surface area contributed by atoms with Gasteiger partial charge in [0, 0.05) is 6.54 Å². The SMILES string of the molecule is CCOc1ncnc(NCCCCSC)c1N. The summed E-state index contributed by atoms with van der Waals surface area (Å²) in [6.45, 7) is 3.32. The zero-order chi connectivity index (χ0) is 12.5. The summed E-state index contributed by atoms with van der Waals surface area (Å²) in [6.07, 6.45) is 5.88. The van der Waals surface area contributed by atoms with Crippen molar-refractivity contribution in [3.63, 3.8) is 0 Å². The molecule has 0 fully saturated rings. The van der Waals surface area contributed by atoms with Gasteiger partial charge in [0.25, 0.3) is 0 Å². The van der Waals surface area contributed by atoms with Crippen molar-refractivity contribution in [2.45, 2.75) is 19.8 Å². The topological polar surface area (TPSA) is 73.1 Å². The van der Waals surface area contributed by atoms with E-state index in [1.807, 2.05) is 18.7 Å². The van der Waals surface area contributed by atoms with E-state index in [1.165, 1.54) is 18.5 Å². The van der Waals surface area contributed by atoms with Crippen LogP contribution in [0, 0.1) is 0 Å². The second kappa shape index (κ2) is 8.00. The van der Waals surface area contributed by atoms with Gasteiger partial charge in [-0.05, 0) is 31.8 Å². The standard InChI is InChI=1S/C11H20N4OS/c1-3-16-11-9(12)10(14-8-15-11)13-6-4-5-7-17-2/h8H,3-7,12H2,1-2H3,(H,13,14,15). The van der Waals surface area contributed by atoms with Gasteiger partial charge < -0.3 is 15.8 Å². The summed E-state index contributed by atoms with van der Waals surface area (Å²) >= 11 is 1.86. The molecule has 1 aromatic heterocycles. The quantitative estimate of drug-likeness (QED) is 0.693. The molecule has 0 bridgehead atoms. The van der Waals surface area contributed by atoms with Crippen molar-refractivity contribution < 1.29 is 4.74 Å². The molecule has 3 N–H and O–H groups in total. The van der Waals surface area contributed by atoms with Crippen LogP contribution in [0.4, 0.5) is 11.5 Å². The number of hydrogen-bond acceptors (Lipinski definition) is 6. The number of nitrogen functional groups attached to an aromatic ring is 1. The van der Waals surface area contributed by atoms with E-state index in [0.717, 1.165) is 13.0 Å². The van der Waals surface area contributed by atoms with Crippen LogP contribution >= 0.6 is 11.8 Å². The summed E-state index contributed by atoms with van der Waals surface area (Å²) in [5, 5.41) is 3.21. The van der Waals surface area contributed by atoms with E-state index in [4.69, 9.17) is 10.5 Å². The van der Waals surface area contributed by atoms with Crippen LogP contribution in [0.5, 0.6) is 5.88 Å². The minimum atomic E-state index is 0.453. The lowest BCUT2D eigenvalue weighted by Gasteiger charge is -2.10. The Balaban J connectivity index is 2.44. The summed E-state index contributed by atoms with van der Waals surface area (Å²) in [7, 11) is 0. The highest BCUT2D eigenvalue weighted by atomic mass is 32.2. The van der Waals surface area contributed by atoms with Gasteiger partial charge in [-0.2, -0.15) is 16.7 Å². The lowest BCUT2D eigenvalue weighted by Crippen LogP contribution is -2.09. The Morgan fingerprint density at radius 2 is 2.24 bits per heavy atom. The molecule has 1 heterocycles. The van der Waals surface area contributed by atoms with Crippen molar-refractivity contribution in [2.75, 3.05) is 36.2 Å². The van der Waals surface area contributed by atoms with E-state index >= 15 is 0 Å². The van der Waals surface area contributed by atoms with Gasteiger partial charge in [-0.25, -0.2) is 4.98 Å². The number of anilines is 2. The molecule has 17 heavy (non-hydrogen) atoms. The highest BCUT2D eigenvalue weighted by Crippen LogP contribution is 2.24. The lowest BCUT2D eigenvalue weighted by molar-refractivity contribution is 0.328. The van der Waals surface area contributed by atoms with Crippen molar-refractivity contribution in [3.05, 3.63) is 6.33 Å². The largest absolute Gasteiger partial charge is 0.476 e. The van der Waals surface area contributed by atoms with Crippen molar-refractivity contribution in [2.24, 2.45) is 0 Å². The number of nitrogens with two attached hydrogens (primary N) is 1. The lowest BCUT2D eigenvalue weighted by atomic mass is 10.3. The zero-order valence-electron chi connectivity index (χ0n) is 10.4. The molecule has 96 valence electrons. The van der Waals surface area contributed by atoms with Crippen LogP contribution in [0.25, 0.3) is 0 Å². The van der Waals surface area contributed by atoms with Crippen molar-refractivity contribution in [1.82, 2.24) is 9.97 Å². The second-order valence-corrected chi connectivity index (χ2v) is 4.49. The van der Waals surface area contributed by atoms with Crippen molar-refractivity contribution >= 4 is 23.3 Å². The number of nitrogens with zero attached hydrogens (tertiary/aromatic N) is 2. The molecule has 5 nitrogen and oxygen atoms in total. The normalized spacial score (nSPS) is 10.2. The van der Waals surface area contributed by atoms with Gasteiger partial charge in [0.2, 0.25) is 5.88 Å². The third kappa shape index (κ3) is 4.68. The van der Waals surface area contributed by atoms with Crippen molar-refractivity contribution in [1.29, 1.82) is 0 Å². The molecule has 0 saturated carbocycles. The Labute approximate surface area is 107 Å². The molecule has 0 aliphatic carbocycles. The summed E-state index contributed by atoms with van der Waals surface area (Å²) < 4.78 is 5.30. The summed E-state index contributed by atoms with van der Waals surface area (Å²) in [4.78, 5) is 8.09. The fraction of sp³-hybridized carbons (Fsp3) is 0.636. The van der Waals surface area contributed by atoms with Crippen LogP contribution in [-0.2, 0) is 0 Å². The average molecular weight is 256 g/mol. The zero-order valence-corrected chi connectivity index (χ0v) is 11.2. The highest BCUT2D eigenvalue weighted by molar-refractivity contribution is 7.98. The minimum Gasteiger partial charge on any atom is -0.476 e. The van der Waals surface area contributed by atoms with Crippen molar-refractivity contribution in [3.8, 4) is 5.88 Å². The predicted molar refractivity (Wildman–Crippen MR) is 73.7 cm³/mol. The number of thioether (sulfide) groups is 1. The van der Waals surface area contributed by atoms with Gasteiger partial charge >= 0.3 is 0 Å². The molecule has 0 saturated heterocycles. The fourth-order valence-corrected chi connectivity index (χ4v) is 1.84. The minimum absolute atomic E-state index is 0.453. The maximum absolute atomic E-state index is 5.89. The molecule has 0 amide bonds. The van der Waals surface area contributed by atoms with Gasteiger partial charge in [0.05, 0.1) is 6.61 Å². The van der Waals surface area contributed by atoms with Crippen LogP contribution in [0.15, 0.2) is 6.33 Å². The molecule has 0 spiro atoms. The average Bonchev–Trinajstić information content (AvgIpc) is 2.33. The Kier molecular flexibility index (Phi) is 6.54. The Hall–Kier alpha value is -1.17. The summed E-state index contributed by atoms with van der Waals surface area (Å²) in [6, 6.07) is 0. The van der Waals surface area contributed by atoms with Crippen LogP contribution < -0.4 is 15.8 Å². The predicted octanol–water partition coefficient (Wildman–Crippen LogP) is 2.01. The number of rotatable bonds is 8. The van der Waals surface area contributed by atoms with E-state index in [-0.39, 0.29) is 0 Å². The molecule has 0 radical (unpaired) electrons. The number of ether oxygens (including phenoxy) is 1. The van der Waals surface area contributed by atoms with Gasteiger partial charge in [0.15, 0.2) is 5.82 Å². The third-order valence-corrected chi connectivity index (χ3v) is 2.89. The number of hydrogen-bond donors (Lipinski definition) is 2. The molecular weight excluding hydrogens is 236 g/mol. The van der Waals surface area contributed by atoms with Gasteiger partial charge in [-0.15, -0.1) is 0 Å². The molecule has 0 atom stereocenters. The maximum atomic E-state index is 5.89. The van der Waals surface area contributed by atoms with E-state index in [9.17, 15) is 0 Å². The van der Waals surface area contributed by atoms with Crippen LogP contribution in [0.3, 0.4) is 0 Å². The van der Waals surface area contributed by atoms with E-state index in [1.54, 1.807) is 0 Å². The maximum Gasteiger partial charge on any atom is 0.242 e. The molecule has 1 rings (SSSR count). The highest BCUT2D eigenvalue weighted by Gasteiger charge is 2.07. The first-order valence-electron chi connectivity index (χ1n) is 5.75. The summed E-state index contributed by atoms with van der Waals surface area (Å²) in [5.74, 6) is 2.30. The second-order valence-electron chi connectivity index (χ2n) is 3.50. The monoisotopic (exact) mass is 256 g/mol. The Morgan fingerprint density at radius 1 is 1.41 bits per heavy atom. The van der Waals surface area contributed by atoms with Crippen LogP contribution in [0.2, 0.25) is 0 Å². The molecular formula is C11H20N4OS. The molecule has 1 aromatic rings. The Morgan fingerprint density at radius 3 is 2.94 bits per heavy atom. The first-order valence-corrected chi connectivity index (χ1v) is 7.15. The number of nitrogens with one attached hydrogen (secondary N) is 1. The van der Waals surface area contributed by atoms with Crippen LogP contribution in [-0.4, -0.2) is 35.1 Å². The molecule has 0 aromatic carbocycles. The van der Waals surface area contributed by atoms with Gasteiger partial charge in [0.1, 0.15) is 12.0 Å². The first-order chi connectivity index (χ1) is 8.29. The molecule has 0 unspecified atom stereocenters. The number of aromatic nitrogens is 2. The van der Waals surface area contributed by atoms with E-state index in [0.29, 0.717) is 24.0 Å². The third-order valence-electron chi connectivity index (χ3n) is 2.20. The summed E-state index contributed by atoms with van der Waals surface area (Å²) in [5.41, 5.74) is 6.38. The van der Waals surface area contributed by atoms with Gasteiger partial charge in [-0.1, -0.05) is 0 Å². The Bertz CT molecular complexity index is 335. The smallest absolute Gasteiger partial charge is 0.242 e. The van der Waals surface area contributed by atoms with E-state index < -0.39 is 0 Å². The molecule has 0 aliphatic rings. The number of unbranched alkanes of at least 4 members (excludes halogenated alkanes) is 1. The van der Waals surface area contributed by atoms with Crippen LogP contribution in [0.1, 0.15) is 19.8 Å². The van der Waals surface area contributed by atoms with Gasteiger partial charge in [-0.3, -0.25) is 0 Å². The molecule has 0 aliphatic heterocycles. The first kappa shape index (κ1) is 13.9. The fourth-order valence-electron chi connectivity index (χ4n) is 1.35. The van der Waals surface area contributed by atoms with E-state index in [2.05, 4.69) is 21.5 Å².